The Labute approximate surface area is 226 Å². The molecule has 0 radical (unpaired) electrons. The summed E-state index contributed by atoms with van der Waals surface area (Å²) in [5, 5.41) is 0. The van der Waals surface area contributed by atoms with Gasteiger partial charge in [-0.15, -0.1) is 0 Å². The molecule has 0 saturated heterocycles. The van der Waals surface area contributed by atoms with Crippen LogP contribution in [0.15, 0.2) is 0 Å². The van der Waals surface area contributed by atoms with E-state index in [2.05, 4.69) is 0 Å². The Balaban J connectivity index is 0. The molecule has 120 valence electrons. The molecule has 0 fully saturated rings. The fourth-order valence-electron chi connectivity index (χ4n) is 0. The maximum absolute atomic E-state index is 0. The predicted octanol–water partition coefficient (Wildman–Crippen LogP) is -1.91. The first-order chi connectivity index (χ1) is 0. The SMILES string of the molecule is [Fe].[Fe].[Fe].[Fe].[Fe].[Fe].[Fe].[Fe].[SH-].[SH-].[SH-].[SH-].[SH-].[SH-].[SH-]. The molecule has 0 aromatic heterocycles. The van der Waals surface area contributed by atoms with Crippen molar-refractivity contribution in [3.63, 3.8) is 0 Å². The van der Waals surface area contributed by atoms with E-state index >= 15 is 0 Å². The van der Waals surface area contributed by atoms with Crippen molar-refractivity contribution in [1.29, 1.82) is 0 Å². The molecule has 0 nitrogen and oxygen atoms in total. The Morgan fingerprint density at radius 2 is 0.133 bits per heavy atom. The maximum atomic E-state index is 0. The van der Waals surface area contributed by atoms with Crippen LogP contribution in [0.3, 0.4) is 0 Å². The van der Waals surface area contributed by atoms with E-state index in [1.807, 2.05) is 0 Å². The number of hydrogen-bond acceptors (Lipinski definition) is 7. The summed E-state index contributed by atoms with van der Waals surface area (Å²) in [7, 11) is 0. The molecule has 0 N–H and O–H groups in total. The second-order valence-corrected chi connectivity index (χ2v) is 0. The van der Waals surface area contributed by atoms with Gasteiger partial charge in [0.15, 0.2) is 0 Å². The van der Waals surface area contributed by atoms with E-state index in [0.29, 0.717) is 0 Å². The van der Waals surface area contributed by atoms with Crippen molar-refractivity contribution in [2.75, 3.05) is 0 Å². The summed E-state index contributed by atoms with van der Waals surface area (Å²) >= 11 is 0. The van der Waals surface area contributed by atoms with Crippen molar-refractivity contribution < 1.29 is 137 Å². The standard InChI is InChI=1S/8Fe.7H2S/h;;;;;;;;7*1H2/p-7. The molecule has 0 aromatic rings. The summed E-state index contributed by atoms with van der Waals surface area (Å²) < 4.78 is 0. The number of hydrogen-bond donors (Lipinski definition) is 0. The van der Waals surface area contributed by atoms with Crippen molar-refractivity contribution in [3.05, 3.63) is 0 Å². The second kappa shape index (κ2) is 182. The second-order valence-electron chi connectivity index (χ2n) is 0. The fourth-order valence-corrected chi connectivity index (χ4v) is 0. The van der Waals surface area contributed by atoms with Crippen molar-refractivity contribution in [1.82, 2.24) is 0 Å². The van der Waals surface area contributed by atoms with Crippen LogP contribution >= 0.6 is 0 Å². The van der Waals surface area contributed by atoms with E-state index in [1.54, 1.807) is 0 Å². The topological polar surface area (TPSA) is 0 Å². The zero-order valence-corrected chi connectivity index (χ0v) is 21.1. The summed E-state index contributed by atoms with van der Waals surface area (Å²) in [6, 6.07) is 0. The molecule has 0 saturated carbocycles. The first-order valence-electron chi connectivity index (χ1n) is 0. The molecule has 15 heteroatoms. The van der Waals surface area contributed by atoms with Gasteiger partial charge in [0.25, 0.3) is 0 Å². The van der Waals surface area contributed by atoms with E-state index < -0.39 is 0 Å². The molecule has 0 rings (SSSR count). The van der Waals surface area contributed by atoms with E-state index in [4.69, 9.17) is 0 Å². The van der Waals surface area contributed by atoms with Gasteiger partial charge in [0.1, 0.15) is 0 Å². The van der Waals surface area contributed by atoms with E-state index in [-0.39, 0.29) is 231 Å². The largest absolute Gasteiger partial charge is 0.813 e. The zero-order valence-electron chi connectivity index (χ0n) is 5.96. The van der Waals surface area contributed by atoms with Gasteiger partial charge in [-0.1, -0.05) is 0 Å². The number of rotatable bonds is 0. The average Bonchev–Trinajstić information content (AvgIpc) is 0. The van der Waals surface area contributed by atoms with E-state index in [1.165, 1.54) is 0 Å². The Hall–Kier alpha value is 6.61. The van der Waals surface area contributed by atoms with Crippen LogP contribution < -0.4 is 0 Å². The molecule has 0 aromatic carbocycles. The van der Waals surface area contributed by atoms with E-state index in [9.17, 15) is 0 Å². The van der Waals surface area contributed by atoms with Crippen molar-refractivity contribution in [2.45, 2.75) is 0 Å². The zero-order chi connectivity index (χ0) is 0. The quantitative estimate of drug-likeness (QED) is 0.165. The summed E-state index contributed by atoms with van der Waals surface area (Å²) in [4.78, 5) is 0. The van der Waals surface area contributed by atoms with E-state index in [0.717, 1.165) is 0 Å². The third kappa shape index (κ3) is 163. The Morgan fingerprint density at radius 3 is 0.133 bits per heavy atom. The molecular weight excluding hydrogens is 671 g/mol. The summed E-state index contributed by atoms with van der Waals surface area (Å²) in [6.45, 7) is 0. The van der Waals surface area contributed by atoms with Crippen LogP contribution in [0.4, 0.5) is 0 Å². The molecule has 0 bridgehead atoms. The molecule has 0 aliphatic heterocycles. The van der Waals surface area contributed by atoms with Crippen molar-refractivity contribution in [2.24, 2.45) is 0 Å². The molecular formula is H7Fe8S7-7. The summed E-state index contributed by atoms with van der Waals surface area (Å²) in [5.41, 5.74) is 0. The maximum Gasteiger partial charge on any atom is 0 e. The molecule has 0 aliphatic carbocycles. The third-order valence-electron chi connectivity index (χ3n) is 0. The van der Waals surface area contributed by atoms with Gasteiger partial charge in [-0.25, -0.2) is 0 Å². The van der Waals surface area contributed by atoms with Crippen LogP contribution in [0.25, 0.3) is 0 Å². The first-order valence-corrected chi connectivity index (χ1v) is 0. The van der Waals surface area contributed by atoms with Gasteiger partial charge in [0, 0.05) is 137 Å². The smallest absolute Gasteiger partial charge is 0 e. The number of thiol groups is 7. The monoisotopic (exact) mass is 678 g/mol. The minimum atomic E-state index is 0. The van der Waals surface area contributed by atoms with Crippen LogP contribution in [-0.2, 0) is 231 Å². The van der Waals surface area contributed by atoms with Gasteiger partial charge in [-0.2, -0.15) is 0 Å². The van der Waals surface area contributed by atoms with Crippen LogP contribution in [-0.4, -0.2) is 0 Å². The van der Waals surface area contributed by atoms with Gasteiger partial charge in [0.05, 0.1) is 0 Å². The van der Waals surface area contributed by atoms with Crippen molar-refractivity contribution in [3.8, 4) is 0 Å². The Bertz CT molecular complexity index is 15.0. The average molecular weight is 678 g/mol. The molecule has 0 amide bonds. The first kappa shape index (κ1) is 210. The summed E-state index contributed by atoms with van der Waals surface area (Å²) in [5.74, 6) is 0. The normalized spacial score (nSPS) is 0. The Kier molecular flexibility index (Phi) is 2540. The Morgan fingerprint density at radius 1 is 0.133 bits per heavy atom. The molecule has 0 unspecified atom stereocenters. The van der Waals surface area contributed by atoms with Gasteiger partial charge < -0.3 is 94.5 Å². The summed E-state index contributed by atoms with van der Waals surface area (Å²) in [6.07, 6.45) is 0. The van der Waals surface area contributed by atoms with Gasteiger partial charge in [0.2, 0.25) is 0 Å². The van der Waals surface area contributed by atoms with Crippen LogP contribution in [0.2, 0.25) is 0 Å². The van der Waals surface area contributed by atoms with Crippen LogP contribution in [0, 0.1) is 0 Å². The van der Waals surface area contributed by atoms with Gasteiger partial charge in [-0.3, -0.25) is 0 Å². The molecule has 0 atom stereocenters. The molecule has 15 heavy (non-hydrogen) atoms. The predicted molar refractivity (Wildman–Crippen MR) is 61.3 cm³/mol. The van der Waals surface area contributed by atoms with Crippen LogP contribution in [0.1, 0.15) is 0 Å². The van der Waals surface area contributed by atoms with Gasteiger partial charge in [-0.05, 0) is 0 Å². The van der Waals surface area contributed by atoms with Crippen LogP contribution in [0.5, 0.6) is 0 Å². The molecule has 0 aliphatic rings. The molecule has 0 heterocycles. The van der Waals surface area contributed by atoms with Gasteiger partial charge >= 0.3 is 0 Å². The minimum Gasteiger partial charge on any atom is -0.813 e. The molecule has 0 spiro atoms. The fraction of sp³-hybridized carbons (Fsp3) is 0. The minimum absolute atomic E-state index is 0. The third-order valence-corrected chi connectivity index (χ3v) is 0. The van der Waals surface area contributed by atoms with Crippen molar-refractivity contribution >= 4 is 94.5 Å².